The van der Waals surface area contributed by atoms with Gasteiger partial charge >= 0.3 is 0 Å². The van der Waals surface area contributed by atoms with Gasteiger partial charge in [0.1, 0.15) is 5.65 Å². The van der Waals surface area contributed by atoms with E-state index in [4.69, 9.17) is 0 Å². The fourth-order valence-corrected chi connectivity index (χ4v) is 5.05. The lowest BCUT2D eigenvalue weighted by Gasteiger charge is -2.28. The Kier molecular flexibility index (Phi) is 5.37. The molecule has 2 heterocycles. The number of nitrogens with zero attached hydrogens (tertiary/aromatic N) is 1. The molecular formula is C20H21F2N3O3S. The molecule has 2 atom stereocenters. The molecule has 1 aliphatic rings. The van der Waals surface area contributed by atoms with Gasteiger partial charge in [-0.3, -0.25) is 0 Å². The van der Waals surface area contributed by atoms with Crippen LogP contribution in [0.2, 0.25) is 0 Å². The van der Waals surface area contributed by atoms with Crippen LogP contribution in [0.5, 0.6) is 0 Å². The summed E-state index contributed by atoms with van der Waals surface area (Å²) in [5.74, 6) is 0. The normalized spacial score (nSPS) is 20.4. The van der Waals surface area contributed by atoms with Gasteiger partial charge in [-0.15, -0.1) is 0 Å². The topological polar surface area (TPSA) is 95.1 Å². The average Bonchev–Trinajstić information content (AvgIpc) is 3.14. The van der Waals surface area contributed by atoms with Crippen LogP contribution in [0.15, 0.2) is 47.5 Å². The minimum Gasteiger partial charge on any atom is -0.391 e. The first-order chi connectivity index (χ1) is 13.8. The molecule has 0 bridgehead atoms. The van der Waals surface area contributed by atoms with Crippen LogP contribution in [0.1, 0.15) is 37.8 Å². The van der Waals surface area contributed by atoms with E-state index in [-0.39, 0.29) is 10.6 Å². The first-order valence-electron chi connectivity index (χ1n) is 9.42. The van der Waals surface area contributed by atoms with E-state index in [0.717, 1.165) is 12.8 Å². The number of fused-ring (bicyclic) bond motifs is 1. The lowest BCUT2D eigenvalue weighted by atomic mass is 9.93. The SMILES string of the molecule is O=S(=O)(N[C@H]1CCCC[C@@H]1O)c1ccc(-c2ccnc3[nH]c(C(F)F)cc23)cc1. The van der Waals surface area contributed by atoms with E-state index in [1.165, 1.54) is 24.4 Å². The number of pyridine rings is 1. The summed E-state index contributed by atoms with van der Waals surface area (Å²) in [6.07, 6.45) is 1.15. The zero-order valence-electron chi connectivity index (χ0n) is 15.5. The molecule has 0 radical (unpaired) electrons. The number of rotatable bonds is 5. The summed E-state index contributed by atoms with van der Waals surface area (Å²) in [4.78, 5) is 6.77. The smallest absolute Gasteiger partial charge is 0.278 e. The largest absolute Gasteiger partial charge is 0.391 e. The molecule has 1 saturated carbocycles. The molecule has 1 aliphatic carbocycles. The van der Waals surface area contributed by atoms with Crippen molar-refractivity contribution < 1.29 is 22.3 Å². The monoisotopic (exact) mass is 421 g/mol. The molecule has 0 spiro atoms. The highest BCUT2D eigenvalue weighted by Gasteiger charge is 2.28. The lowest BCUT2D eigenvalue weighted by molar-refractivity contribution is 0.101. The molecule has 0 saturated heterocycles. The van der Waals surface area contributed by atoms with Gasteiger partial charge in [0, 0.05) is 17.6 Å². The van der Waals surface area contributed by atoms with Crippen LogP contribution in [-0.2, 0) is 10.0 Å². The Morgan fingerprint density at radius 1 is 1.14 bits per heavy atom. The summed E-state index contributed by atoms with van der Waals surface area (Å²) in [6.45, 7) is 0. The number of H-pyrrole nitrogens is 1. The van der Waals surface area contributed by atoms with Crippen LogP contribution in [0.4, 0.5) is 8.78 Å². The van der Waals surface area contributed by atoms with Gasteiger partial charge in [-0.25, -0.2) is 26.9 Å². The predicted molar refractivity (Wildman–Crippen MR) is 105 cm³/mol. The van der Waals surface area contributed by atoms with E-state index in [9.17, 15) is 22.3 Å². The number of nitrogens with one attached hydrogen (secondary N) is 2. The van der Waals surface area contributed by atoms with Gasteiger partial charge in [0.25, 0.3) is 6.43 Å². The lowest BCUT2D eigenvalue weighted by Crippen LogP contribution is -2.44. The zero-order chi connectivity index (χ0) is 20.6. The number of aromatic amines is 1. The summed E-state index contributed by atoms with van der Waals surface area (Å²) in [5, 5.41) is 10.6. The number of hydrogen-bond acceptors (Lipinski definition) is 4. The van der Waals surface area contributed by atoms with Crippen LogP contribution in [-0.4, -0.2) is 35.6 Å². The number of aromatic nitrogens is 2. The number of halogens is 2. The van der Waals surface area contributed by atoms with Crippen LogP contribution >= 0.6 is 0 Å². The molecule has 0 unspecified atom stereocenters. The molecule has 3 N–H and O–H groups in total. The van der Waals surface area contributed by atoms with Gasteiger partial charge in [0.2, 0.25) is 10.0 Å². The van der Waals surface area contributed by atoms with Crippen molar-refractivity contribution in [1.82, 2.24) is 14.7 Å². The third-order valence-electron chi connectivity index (χ3n) is 5.30. The van der Waals surface area contributed by atoms with Gasteiger partial charge in [0.05, 0.1) is 16.7 Å². The molecule has 0 amide bonds. The Morgan fingerprint density at radius 3 is 2.55 bits per heavy atom. The Balaban J connectivity index is 1.62. The standard InChI is InChI=1S/C20H21F2N3O3S/c21-19(22)17-11-15-14(9-10-23-20(15)24-17)12-5-7-13(8-6-12)29(27,28)25-16-3-1-2-4-18(16)26/h5-11,16,18-19,25-26H,1-4H2,(H,23,24)/t16-,18-/m0/s1. The van der Waals surface area contributed by atoms with Crippen molar-refractivity contribution in [2.45, 2.75) is 49.2 Å². The highest BCUT2D eigenvalue weighted by Crippen LogP contribution is 2.31. The van der Waals surface area contributed by atoms with Gasteiger partial charge < -0.3 is 10.1 Å². The Bertz CT molecular complexity index is 1110. The van der Waals surface area contributed by atoms with Crippen molar-refractivity contribution in [1.29, 1.82) is 0 Å². The Labute approximate surface area is 167 Å². The van der Waals surface area contributed by atoms with Crippen LogP contribution in [0, 0.1) is 0 Å². The molecule has 1 fully saturated rings. The molecule has 3 aromatic rings. The second kappa shape index (κ2) is 7.81. The maximum atomic E-state index is 13.0. The van der Waals surface area contributed by atoms with Crippen molar-refractivity contribution in [2.75, 3.05) is 0 Å². The van der Waals surface area contributed by atoms with Gasteiger partial charge in [-0.1, -0.05) is 25.0 Å². The van der Waals surface area contributed by atoms with Crippen LogP contribution in [0.25, 0.3) is 22.2 Å². The third kappa shape index (κ3) is 4.03. The summed E-state index contributed by atoms with van der Waals surface area (Å²) >= 11 is 0. The Morgan fingerprint density at radius 2 is 1.86 bits per heavy atom. The number of sulfonamides is 1. The molecule has 9 heteroatoms. The first kappa shape index (κ1) is 19.9. The minimum atomic E-state index is -3.77. The van der Waals surface area contributed by atoms with Crippen molar-refractivity contribution >= 4 is 21.1 Å². The highest BCUT2D eigenvalue weighted by atomic mass is 32.2. The fourth-order valence-electron chi connectivity index (χ4n) is 3.75. The molecule has 0 aliphatic heterocycles. The molecular weight excluding hydrogens is 400 g/mol. The van der Waals surface area contributed by atoms with E-state index >= 15 is 0 Å². The number of aliphatic hydroxyl groups excluding tert-OH is 1. The minimum absolute atomic E-state index is 0.0895. The van der Waals surface area contributed by atoms with Crippen LogP contribution in [0.3, 0.4) is 0 Å². The second-order valence-corrected chi connectivity index (χ2v) is 8.96. The number of hydrogen-bond donors (Lipinski definition) is 3. The zero-order valence-corrected chi connectivity index (χ0v) is 16.3. The fraction of sp³-hybridized carbons (Fsp3) is 0.350. The predicted octanol–water partition coefficient (Wildman–Crippen LogP) is 3.75. The molecule has 154 valence electrons. The number of alkyl halides is 2. The second-order valence-electron chi connectivity index (χ2n) is 7.25. The van der Waals surface area contributed by atoms with E-state index in [2.05, 4.69) is 14.7 Å². The molecule has 2 aromatic heterocycles. The summed E-state index contributed by atoms with van der Waals surface area (Å²) in [7, 11) is -3.77. The number of aliphatic hydroxyl groups is 1. The summed E-state index contributed by atoms with van der Waals surface area (Å²) in [6, 6.07) is 8.79. The van der Waals surface area contributed by atoms with Crippen molar-refractivity contribution in [2.24, 2.45) is 0 Å². The maximum Gasteiger partial charge on any atom is 0.278 e. The van der Waals surface area contributed by atoms with Crippen molar-refractivity contribution in [3.05, 3.63) is 48.3 Å². The van der Waals surface area contributed by atoms with E-state index < -0.39 is 28.6 Å². The first-order valence-corrected chi connectivity index (χ1v) is 10.9. The highest BCUT2D eigenvalue weighted by molar-refractivity contribution is 7.89. The van der Waals surface area contributed by atoms with Crippen molar-refractivity contribution in [3.63, 3.8) is 0 Å². The maximum absolute atomic E-state index is 13.0. The quantitative estimate of drug-likeness (QED) is 0.585. The Hall–Kier alpha value is -2.36. The summed E-state index contributed by atoms with van der Waals surface area (Å²) < 4.78 is 53.9. The molecule has 1 aromatic carbocycles. The third-order valence-corrected chi connectivity index (χ3v) is 6.81. The average molecular weight is 421 g/mol. The van der Waals surface area contributed by atoms with Crippen LogP contribution < -0.4 is 4.72 Å². The summed E-state index contributed by atoms with van der Waals surface area (Å²) in [5.41, 5.74) is 1.50. The van der Waals surface area contributed by atoms with E-state index in [1.54, 1.807) is 18.2 Å². The molecule has 29 heavy (non-hydrogen) atoms. The van der Waals surface area contributed by atoms with E-state index in [0.29, 0.717) is 35.0 Å². The molecule has 6 nitrogen and oxygen atoms in total. The van der Waals surface area contributed by atoms with Gasteiger partial charge in [-0.05, 0) is 48.2 Å². The van der Waals surface area contributed by atoms with E-state index in [1.807, 2.05) is 0 Å². The van der Waals surface area contributed by atoms with Gasteiger partial charge in [-0.2, -0.15) is 0 Å². The number of benzene rings is 1. The van der Waals surface area contributed by atoms with Gasteiger partial charge in [0.15, 0.2) is 0 Å². The molecule has 4 rings (SSSR count). The van der Waals surface area contributed by atoms with Crippen molar-refractivity contribution in [3.8, 4) is 11.1 Å².